The molecule has 2 rings (SSSR count). The lowest BCUT2D eigenvalue weighted by Gasteiger charge is -2.07. The molecule has 5 nitrogen and oxygen atoms in total. The average molecular weight is 251 g/mol. The van der Waals surface area contributed by atoms with Gasteiger partial charge in [-0.1, -0.05) is 6.07 Å². The summed E-state index contributed by atoms with van der Waals surface area (Å²) in [7, 11) is 0. The van der Waals surface area contributed by atoms with Gasteiger partial charge < -0.3 is 19.9 Å². The first-order chi connectivity index (χ1) is 8.65. The van der Waals surface area contributed by atoms with Crippen LogP contribution in [-0.2, 0) is 11.2 Å². The molecule has 0 saturated heterocycles. The largest absolute Gasteiger partial charge is 0.454 e. The van der Waals surface area contributed by atoms with Crippen molar-refractivity contribution in [2.45, 2.75) is 25.9 Å². The van der Waals surface area contributed by atoms with Crippen LogP contribution in [-0.4, -0.2) is 30.5 Å². The molecular formula is C13H17NO4. The van der Waals surface area contributed by atoms with E-state index in [9.17, 15) is 4.79 Å². The molecule has 1 aliphatic rings. The quantitative estimate of drug-likeness (QED) is 0.814. The number of hydrogen-bond acceptors (Lipinski definition) is 4. The normalized spacial score (nSPS) is 14.3. The standard InChI is InChI=1S/C13H17NO4/c1-9(15)7-14-13(16)5-3-10-2-4-11-12(6-10)18-8-17-11/h2,4,6,9,15H,3,5,7-8H2,1H3,(H,14,16)/t9-/m1/s1. The van der Waals surface area contributed by atoms with E-state index in [4.69, 9.17) is 14.6 Å². The van der Waals surface area contributed by atoms with Gasteiger partial charge in [-0.2, -0.15) is 0 Å². The van der Waals surface area contributed by atoms with Crippen LogP contribution in [0.5, 0.6) is 11.5 Å². The van der Waals surface area contributed by atoms with Crippen molar-refractivity contribution in [2.24, 2.45) is 0 Å². The van der Waals surface area contributed by atoms with Crippen LogP contribution in [0.1, 0.15) is 18.9 Å². The van der Waals surface area contributed by atoms with Crippen LogP contribution in [0.25, 0.3) is 0 Å². The Morgan fingerprint density at radius 1 is 1.44 bits per heavy atom. The van der Waals surface area contributed by atoms with Gasteiger partial charge in [0.1, 0.15) is 0 Å². The number of carbonyl (C=O) groups is 1. The zero-order valence-corrected chi connectivity index (χ0v) is 10.3. The summed E-state index contributed by atoms with van der Waals surface area (Å²) in [4.78, 5) is 11.5. The van der Waals surface area contributed by atoms with E-state index < -0.39 is 6.10 Å². The highest BCUT2D eigenvalue weighted by Crippen LogP contribution is 2.32. The minimum Gasteiger partial charge on any atom is -0.454 e. The first kappa shape index (κ1) is 12.7. The molecule has 0 aliphatic carbocycles. The van der Waals surface area contributed by atoms with Gasteiger partial charge >= 0.3 is 0 Å². The minimum atomic E-state index is -0.514. The Bertz CT molecular complexity index is 431. The molecule has 0 unspecified atom stereocenters. The van der Waals surface area contributed by atoms with Gasteiger partial charge in [0.2, 0.25) is 12.7 Å². The van der Waals surface area contributed by atoms with Crippen molar-refractivity contribution in [1.82, 2.24) is 5.32 Å². The van der Waals surface area contributed by atoms with Crippen molar-refractivity contribution in [3.8, 4) is 11.5 Å². The minimum absolute atomic E-state index is 0.0615. The Morgan fingerprint density at radius 2 is 2.22 bits per heavy atom. The number of ether oxygens (including phenoxy) is 2. The van der Waals surface area contributed by atoms with Crippen molar-refractivity contribution in [1.29, 1.82) is 0 Å². The molecule has 1 aromatic carbocycles. The van der Waals surface area contributed by atoms with Crippen molar-refractivity contribution in [3.05, 3.63) is 23.8 Å². The molecule has 0 radical (unpaired) electrons. The maximum Gasteiger partial charge on any atom is 0.231 e. The number of aryl methyl sites for hydroxylation is 1. The maximum absolute atomic E-state index is 11.5. The highest BCUT2D eigenvalue weighted by atomic mass is 16.7. The second-order valence-corrected chi connectivity index (χ2v) is 4.34. The second-order valence-electron chi connectivity index (χ2n) is 4.34. The van der Waals surface area contributed by atoms with Crippen LogP contribution >= 0.6 is 0 Å². The molecule has 5 heteroatoms. The summed E-state index contributed by atoms with van der Waals surface area (Å²) in [5, 5.41) is 11.7. The fourth-order valence-electron chi connectivity index (χ4n) is 1.70. The molecule has 0 fully saturated rings. The molecule has 0 saturated carbocycles. The summed E-state index contributed by atoms with van der Waals surface area (Å²) in [6.07, 6.45) is 0.522. The van der Waals surface area contributed by atoms with Crippen molar-refractivity contribution in [3.63, 3.8) is 0 Å². The Kier molecular flexibility index (Phi) is 4.04. The predicted octanol–water partition coefficient (Wildman–Crippen LogP) is 0.845. The number of rotatable bonds is 5. The van der Waals surface area contributed by atoms with Gasteiger partial charge in [-0.15, -0.1) is 0 Å². The number of fused-ring (bicyclic) bond motifs is 1. The smallest absolute Gasteiger partial charge is 0.231 e. The fourth-order valence-corrected chi connectivity index (χ4v) is 1.70. The molecule has 0 spiro atoms. The summed E-state index contributed by atoms with van der Waals surface area (Å²) in [6, 6.07) is 5.67. The average Bonchev–Trinajstić information content (AvgIpc) is 2.81. The molecular weight excluding hydrogens is 234 g/mol. The van der Waals surface area contributed by atoms with Crippen LogP contribution in [0.15, 0.2) is 18.2 Å². The summed E-state index contributed by atoms with van der Waals surface area (Å²) in [5.74, 6) is 1.42. The number of carbonyl (C=O) groups excluding carboxylic acids is 1. The first-order valence-corrected chi connectivity index (χ1v) is 5.98. The Balaban J connectivity index is 1.81. The van der Waals surface area contributed by atoms with E-state index >= 15 is 0 Å². The topological polar surface area (TPSA) is 67.8 Å². The molecule has 18 heavy (non-hydrogen) atoms. The lowest BCUT2D eigenvalue weighted by molar-refractivity contribution is -0.121. The number of nitrogens with one attached hydrogen (secondary N) is 1. The molecule has 2 N–H and O–H groups in total. The Hall–Kier alpha value is -1.75. The van der Waals surface area contributed by atoms with Crippen LogP contribution < -0.4 is 14.8 Å². The van der Waals surface area contributed by atoms with E-state index in [1.54, 1.807) is 6.92 Å². The molecule has 1 aromatic rings. The third-order valence-corrected chi connectivity index (χ3v) is 2.67. The summed E-state index contributed by atoms with van der Waals surface area (Å²) < 4.78 is 10.5. The Morgan fingerprint density at radius 3 is 3.00 bits per heavy atom. The predicted molar refractivity (Wildman–Crippen MR) is 65.6 cm³/mol. The van der Waals surface area contributed by atoms with Gasteiger partial charge in [-0.3, -0.25) is 4.79 Å². The number of aliphatic hydroxyl groups is 1. The van der Waals surface area contributed by atoms with Crippen molar-refractivity contribution >= 4 is 5.91 Å². The van der Waals surface area contributed by atoms with Crippen molar-refractivity contribution < 1.29 is 19.4 Å². The monoisotopic (exact) mass is 251 g/mol. The summed E-state index contributed by atoms with van der Waals surface area (Å²) in [5.41, 5.74) is 1.03. The molecule has 0 bridgehead atoms. The zero-order valence-electron chi connectivity index (χ0n) is 10.3. The number of benzene rings is 1. The molecule has 1 amide bonds. The highest BCUT2D eigenvalue weighted by molar-refractivity contribution is 5.76. The highest BCUT2D eigenvalue weighted by Gasteiger charge is 2.13. The number of hydrogen-bond donors (Lipinski definition) is 2. The van der Waals surface area contributed by atoms with Crippen LogP contribution in [0.2, 0.25) is 0 Å². The van der Waals surface area contributed by atoms with E-state index in [0.29, 0.717) is 19.4 Å². The lowest BCUT2D eigenvalue weighted by atomic mass is 10.1. The zero-order chi connectivity index (χ0) is 13.0. The fraction of sp³-hybridized carbons (Fsp3) is 0.462. The molecule has 0 aromatic heterocycles. The maximum atomic E-state index is 11.5. The summed E-state index contributed by atoms with van der Waals surface area (Å²) >= 11 is 0. The van der Waals surface area contributed by atoms with E-state index in [2.05, 4.69) is 5.32 Å². The SMILES string of the molecule is C[C@@H](O)CNC(=O)CCc1ccc2c(c1)OCO2. The molecule has 1 aliphatic heterocycles. The first-order valence-electron chi connectivity index (χ1n) is 5.98. The van der Waals surface area contributed by atoms with Gasteiger partial charge in [0, 0.05) is 13.0 Å². The van der Waals surface area contributed by atoms with E-state index in [1.165, 1.54) is 0 Å². The lowest BCUT2D eigenvalue weighted by Crippen LogP contribution is -2.30. The van der Waals surface area contributed by atoms with Crippen molar-refractivity contribution in [2.75, 3.05) is 13.3 Å². The molecule has 1 heterocycles. The van der Waals surface area contributed by atoms with Crippen LogP contribution in [0, 0.1) is 0 Å². The number of aliphatic hydroxyl groups excluding tert-OH is 1. The van der Waals surface area contributed by atoms with Crippen LogP contribution in [0.3, 0.4) is 0 Å². The van der Waals surface area contributed by atoms with Gasteiger partial charge in [-0.25, -0.2) is 0 Å². The Labute approximate surface area is 106 Å². The third kappa shape index (κ3) is 3.37. The van der Waals surface area contributed by atoms with Gasteiger partial charge in [0.15, 0.2) is 11.5 Å². The summed E-state index contributed by atoms with van der Waals surface area (Å²) in [6.45, 7) is 2.19. The third-order valence-electron chi connectivity index (χ3n) is 2.67. The second kappa shape index (κ2) is 5.73. The van der Waals surface area contributed by atoms with Gasteiger partial charge in [0.25, 0.3) is 0 Å². The van der Waals surface area contributed by atoms with Gasteiger partial charge in [-0.05, 0) is 31.0 Å². The van der Waals surface area contributed by atoms with E-state index in [0.717, 1.165) is 17.1 Å². The van der Waals surface area contributed by atoms with E-state index in [1.807, 2.05) is 18.2 Å². The molecule has 98 valence electrons. The number of amides is 1. The van der Waals surface area contributed by atoms with Crippen LogP contribution in [0.4, 0.5) is 0 Å². The van der Waals surface area contributed by atoms with E-state index in [-0.39, 0.29) is 12.7 Å². The van der Waals surface area contributed by atoms with Gasteiger partial charge in [0.05, 0.1) is 6.10 Å². The molecule has 1 atom stereocenters.